The first-order chi connectivity index (χ1) is 7.89. The second kappa shape index (κ2) is 4.48. The van der Waals surface area contributed by atoms with Gasteiger partial charge in [-0.1, -0.05) is 17.4 Å². The third-order valence-corrected chi connectivity index (χ3v) is 3.56. The molecular formula is C9H3F4IN2S. The second-order valence-electron chi connectivity index (χ2n) is 3.03. The minimum Gasteiger partial charge on any atom is -0.206 e. The van der Waals surface area contributed by atoms with Crippen LogP contribution in [0.3, 0.4) is 0 Å². The Labute approximate surface area is 111 Å². The van der Waals surface area contributed by atoms with Gasteiger partial charge in [-0.15, -0.1) is 10.2 Å². The summed E-state index contributed by atoms with van der Waals surface area (Å²) in [7, 11) is 0. The van der Waals surface area contributed by atoms with Crippen LogP contribution in [-0.4, -0.2) is 10.2 Å². The van der Waals surface area contributed by atoms with Crippen molar-refractivity contribution in [3.63, 3.8) is 0 Å². The number of nitrogens with zero attached hydrogens (tertiary/aromatic N) is 2. The van der Waals surface area contributed by atoms with Crippen molar-refractivity contribution in [1.29, 1.82) is 0 Å². The predicted molar refractivity (Wildman–Crippen MR) is 63.0 cm³/mol. The highest BCUT2D eigenvalue weighted by Gasteiger charge is 2.35. The fourth-order valence-electron chi connectivity index (χ4n) is 1.23. The summed E-state index contributed by atoms with van der Waals surface area (Å²) in [5.74, 6) is -1.31. The average molecular weight is 374 g/mol. The molecule has 1 aromatic heterocycles. The zero-order chi connectivity index (χ0) is 12.6. The standard InChI is InChI=1S/C9H3F4IN2S/c10-6-4(7-15-16-8(14)17-7)2-1-3-5(6)9(11,12)13/h1-3H. The fourth-order valence-corrected chi connectivity index (χ4v) is 2.55. The molecule has 0 atom stereocenters. The van der Waals surface area contributed by atoms with Crippen molar-refractivity contribution in [2.75, 3.05) is 0 Å². The highest BCUT2D eigenvalue weighted by molar-refractivity contribution is 14.1. The quantitative estimate of drug-likeness (QED) is 0.558. The van der Waals surface area contributed by atoms with Crippen LogP contribution >= 0.6 is 33.9 Å². The fraction of sp³-hybridized carbons (Fsp3) is 0.111. The first-order valence-corrected chi connectivity index (χ1v) is 6.14. The normalized spacial score (nSPS) is 11.8. The van der Waals surface area contributed by atoms with Crippen molar-refractivity contribution in [3.05, 3.63) is 32.6 Å². The van der Waals surface area contributed by atoms with E-state index in [-0.39, 0.29) is 10.6 Å². The second-order valence-corrected chi connectivity index (χ2v) is 5.76. The van der Waals surface area contributed by atoms with Crippen molar-refractivity contribution >= 4 is 33.9 Å². The van der Waals surface area contributed by atoms with Gasteiger partial charge >= 0.3 is 6.18 Å². The van der Waals surface area contributed by atoms with E-state index in [1.807, 2.05) is 22.6 Å². The molecule has 0 radical (unpaired) electrons. The third kappa shape index (κ3) is 2.57. The first-order valence-electron chi connectivity index (χ1n) is 4.24. The van der Waals surface area contributed by atoms with Gasteiger partial charge in [-0.3, -0.25) is 0 Å². The van der Waals surface area contributed by atoms with E-state index in [0.29, 0.717) is 9.08 Å². The van der Waals surface area contributed by atoms with E-state index >= 15 is 0 Å². The summed E-state index contributed by atoms with van der Waals surface area (Å²) >= 11 is 2.90. The Kier molecular flexibility index (Phi) is 3.34. The number of benzene rings is 1. The molecule has 2 rings (SSSR count). The zero-order valence-corrected chi connectivity index (χ0v) is 10.9. The molecule has 0 spiro atoms. The van der Waals surface area contributed by atoms with E-state index in [9.17, 15) is 17.6 Å². The van der Waals surface area contributed by atoms with Gasteiger partial charge in [0.25, 0.3) is 0 Å². The number of rotatable bonds is 1. The van der Waals surface area contributed by atoms with Gasteiger partial charge in [0.15, 0.2) is 8.02 Å². The van der Waals surface area contributed by atoms with E-state index in [2.05, 4.69) is 10.2 Å². The Morgan fingerprint density at radius 2 is 1.88 bits per heavy atom. The number of hydrogen-bond donors (Lipinski definition) is 0. The highest BCUT2D eigenvalue weighted by atomic mass is 127. The number of alkyl halides is 3. The minimum atomic E-state index is -4.71. The molecule has 0 aliphatic carbocycles. The Hall–Kier alpha value is -0.770. The molecule has 1 heterocycles. The van der Waals surface area contributed by atoms with Gasteiger partial charge in [-0.2, -0.15) is 13.2 Å². The molecule has 8 heteroatoms. The number of hydrogen-bond acceptors (Lipinski definition) is 3. The van der Waals surface area contributed by atoms with Crippen molar-refractivity contribution in [3.8, 4) is 10.6 Å². The van der Waals surface area contributed by atoms with Crippen molar-refractivity contribution in [2.24, 2.45) is 0 Å². The van der Waals surface area contributed by atoms with Crippen LogP contribution in [0.15, 0.2) is 18.2 Å². The lowest BCUT2D eigenvalue weighted by Crippen LogP contribution is -2.08. The van der Waals surface area contributed by atoms with Crippen LogP contribution in [0.25, 0.3) is 10.6 Å². The predicted octanol–water partition coefficient (Wildman–Crippen LogP) is 3.97. The van der Waals surface area contributed by atoms with Gasteiger partial charge in [-0.25, -0.2) is 4.39 Å². The number of halogens is 5. The summed E-state index contributed by atoms with van der Waals surface area (Å²) in [6, 6.07) is 3.10. The zero-order valence-electron chi connectivity index (χ0n) is 7.92. The molecule has 17 heavy (non-hydrogen) atoms. The van der Waals surface area contributed by atoms with Gasteiger partial charge in [0.05, 0.1) is 5.56 Å². The van der Waals surface area contributed by atoms with Gasteiger partial charge in [0.1, 0.15) is 5.82 Å². The minimum absolute atomic E-state index is 0.137. The van der Waals surface area contributed by atoms with Crippen LogP contribution in [0.5, 0.6) is 0 Å². The molecule has 0 amide bonds. The van der Waals surface area contributed by atoms with Crippen LogP contribution in [0.2, 0.25) is 0 Å². The van der Waals surface area contributed by atoms with E-state index < -0.39 is 17.6 Å². The summed E-state index contributed by atoms with van der Waals surface area (Å²) in [6.07, 6.45) is -4.71. The van der Waals surface area contributed by atoms with Crippen LogP contribution in [-0.2, 0) is 6.18 Å². The lowest BCUT2D eigenvalue weighted by molar-refractivity contribution is -0.139. The largest absolute Gasteiger partial charge is 0.419 e. The Morgan fingerprint density at radius 3 is 2.41 bits per heavy atom. The molecule has 0 N–H and O–H groups in total. The van der Waals surface area contributed by atoms with Gasteiger partial charge < -0.3 is 0 Å². The smallest absolute Gasteiger partial charge is 0.206 e. The first kappa shape index (κ1) is 12.7. The lowest BCUT2D eigenvalue weighted by atomic mass is 10.1. The van der Waals surface area contributed by atoms with E-state index in [1.54, 1.807) is 0 Å². The van der Waals surface area contributed by atoms with Gasteiger partial charge in [0, 0.05) is 5.56 Å². The molecule has 0 unspecified atom stereocenters. The molecule has 2 nitrogen and oxygen atoms in total. The molecule has 0 bridgehead atoms. The van der Waals surface area contributed by atoms with Crippen molar-refractivity contribution in [2.45, 2.75) is 6.18 Å². The Balaban J connectivity index is 2.57. The maximum absolute atomic E-state index is 13.7. The van der Waals surface area contributed by atoms with E-state index in [1.165, 1.54) is 6.07 Å². The van der Waals surface area contributed by atoms with Gasteiger partial charge in [0.2, 0.25) is 0 Å². The molecule has 0 aliphatic rings. The van der Waals surface area contributed by atoms with E-state index in [4.69, 9.17) is 0 Å². The summed E-state index contributed by atoms with van der Waals surface area (Å²) in [5.41, 5.74) is -1.47. The Morgan fingerprint density at radius 1 is 1.18 bits per heavy atom. The summed E-state index contributed by atoms with van der Waals surface area (Å²) in [4.78, 5) is 0. The molecule has 0 saturated heterocycles. The van der Waals surface area contributed by atoms with E-state index in [0.717, 1.165) is 17.4 Å². The highest BCUT2D eigenvalue weighted by Crippen LogP contribution is 2.36. The average Bonchev–Trinajstić information content (AvgIpc) is 2.63. The molecule has 0 aliphatic heterocycles. The molecule has 0 fully saturated rings. The van der Waals surface area contributed by atoms with Crippen LogP contribution in [0, 0.1) is 8.83 Å². The molecule has 0 saturated carbocycles. The molecule has 90 valence electrons. The number of aromatic nitrogens is 2. The maximum Gasteiger partial charge on any atom is 0.419 e. The SMILES string of the molecule is Fc1c(-c2nnc(I)s2)cccc1C(F)(F)F. The summed E-state index contributed by atoms with van der Waals surface area (Å²) in [5, 5.41) is 7.39. The molecule has 1 aromatic carbocycles. The maximum atomic E-state index is 13.7. The van der Waals surface area contributed by atoms with Crippen LogP contribution in [0.4, 0.5) is 17.6 Å². The monoisotopic (exact) mass is 374 g/mol. The third-order valence-electron chi connectivity index (χ3n) is 1.93. The van der Waals surface area contributed by atoms with Gasteiger partial charge in [-0.05, 0) is 34.7 Å². The lowest BCUT2D eigenvalue weighted by Gasteiger charge is -2.09. The van der Waals surface area contributed by atoms with Crippen molar-refractivity contribution in [1.82, 2.24) is 10.2 Å². The summed E-state index contributed by atoms with van der Waals surface area (Å²) < 4.78 is 51.6. The summed E-state index contributed by atoms with van der Waals surface area (Å²) in [6.45, 7) is 0. The Bertz CT molecular complexity index is 552. The molecule has 2 aromatic rings. The topological polar surface area (TPSA) is 25.8 Å². The van der Waals surface area contributed by atoms with Crippen LogP contribution in [0.1, 0.15) is 5.56 Å². The van der Waals surface area contributed by atoms with Crippen LogP contribution < -0.4 is 0 Å². The van der Waals surface area contributed by atoms with Crippen molar-refractivity contribution < 1.29 is 17.6 Å². The molecular weight excluding hydrogens is 371 g/mol.